The van der Waals surface area contributed by atoms with Gasteiger partial charge in [0.05, 0.1) is 11.4 Å². The summed E-state index contributed by atoms with van der Waals surface area (Å²) in [6.45, 7) is 0.819. The lowest BCUT2D eigenvalue weighted by atomic mass is 10.0. The normalized spacial score (nSPS) is 11.8. The van der Waals surface area contributed by atoms with Crippen LogP contribution in [0.2, 0.25) is 0 Å². The monoisotopic (exact) mass is 536 g/mol. The SMILES string of the molecule is NS(=O)(=O)c1ccccc1-c1ccc2c(O)n(CCOc3ccc4cc(Br)ccc4c3)cc2c1. The van der Waals surface area contributed by atoms with Crippen molar-refractivity contribution in [1.29, 1.82) is 0 Å². The Morgan fingerprint density at radius 1 is 0.912 bits per heavy atom. The average molecular weight is 537 g/mol. The number of aromatic nitrogens is 1. The van der Waals surface area contributed by atoms with Gasteiger partial charge in [-0.05, 0) is 58.8 Å². The largest absolute Gasteiger partial charge is 0.494 e. The highest BCUT2D eigenvalue weighted by Gasteiger charge is 2.16. The third-order valence-electron chi connectivity index (χ3n) is 5.74. The first kappa shape index (κ1) is 22.5. The maximum atomic E-state index is 12.0. The molecule has 0 aliphatic heterocycles. The zero-order valence-electron chi connectivity index (χ0n) is 18.0. The van der Waals surface area contributed by atoms with Crippen LogP contribution in [0, 0.1) is 0 Å². The van der Waals surface area contributed by atoms with Gasteiger partial charge < -0.3 is 14.4 Å². The number of nitrogens with two attached hydrogens (primary N) is 1. The van der Waals surface area contributed by atoms with Crippen LogP contribution in [0.15, 0.2) is 94.4 Å². The van der Waals surface area contributed by atoms with Crippen LogP contribution >= 0.6 is 15.9 Å². The summed E-state index contributed by atoms with van der Waals surface area (Å²) in [6, 6.07) is 24.0. The van der Waals surface area contributed by atoms with E-state index in [9.17, 15) is 13.5 Å². The number of aromatic hydroxyl groups is 1. The van der Waals surface area contributed by atoms with Gasteiger partial charge in [0, 0.05) is 27.0 Å². The van der Waals surface area contributed by atoms with Crippen LogP contribution in [0.4, 0.5) is 0 Å². The summed E-state index contributed by atoms with van der Waals surface area (Å²) in [4.78, 5) is 0.0640. The van der Waals surface area contributed by atoms with Crippen molar-refractivity contribution in [2.24, 2.45) is 5.14 Å². The first-order chi connectivity index (χ1) is 16.3. The Hall–Kier alpha value is -3.33. The first-order valence-corrected chi connectivity index (χ1v) is 12.9. The number of ether oxygens (including phenoxy) is 1. The number of hydrogen-bond acceptors (Lipinski definition) is 4. The summed E-state index contributed by atoms with van der Waals surface area (Å²) in [6.07, 6.45) is 1.83. The van der Waals surface area contributed by atoms with Gasteiger partial charge in [0.15, 0.2) is 5.88 Å². The second-order valence-corrected chi connectivity index (χ2v) is 10.4. The molecule has 0 saturated carbocycles. The standard InChI is InChI=1S/C26H21BrN2O4S/c27-21-8-5-18-15-22(9-6-17(18)14-21)33-12-11-29-16-20-13-19(7-10-24(20)26(29)30)23-3-1-2-4-25(23)34(28,31)32/h1-10,13-16,30H,11-12H2,(H2,28,31,32). The number of sulfonamides is 1. The topological polar surface area (TPSA) is 94.5 Å². The van der Waals surface area contributed by atoms with E-state index in [0.29, 0.717) is 29.7 Å². The smallest absolute Gasteiger partial charge is 0.238 e. The van der Waals surface area contributed by atoms with Crippen molar-refractivity contribution < 1.29 is 18.3 Å². The van der Waals surface area contributed by atoms with Crippen molar-refractivity contribution in [1.82, 2.24) is 4.57 Å². The number of primary sulfonamides is 1. The molecule has 0 bridgehead atoms. The zero-order chi connectivity index (χ0) is 23.9. The molecule has 0 aliphatic carbocycles. The van der Waals surface area contributed by atoms with E-state index in [2.05, 4.69) is 22.0 Å². The van der Waals surface area contributed by atoms with E-state index >= 15 is 0 Å². The number of hydrogen-bond donors (Lipinski definition) is 2. The van der Waals surface area contributed by atoms with Gasteiger partial charge in [-0.2, -0.15) is 0 Å². The molecule has 172 valence electrons. The molecular weight excluding hydrogens is 516 g/mol. The van der Waals surface area contributed by atoms with Crippen LogP contribution in [-0.4, -0.2) is 24.7 Å². The summed E-state index contributed by atoms with van der Waals surface area (Å²) in [5.74, 6) is 0.890. The number of rotatable bonds is 6. The van der Waals surface area contributed by atoms with E-state index in [1.165, 1.54) is 6.07 Å². The van der Waals surface area contributed by atoms with Gasteiger partial charge in [0.2, 0.25) is 10.0 Å². The van der Waals surface area contributed by atoms with E-state index in [1.807, 2.05) is 42.6 Å². The van der Waals surface area contributed by atoms with Gasteiger partial charge >= 0.3 is 0 Å². The second kappa shape index (κ2) is 8.79. The fourth-order valence-corrected chi connectivity index (χ4v) is 5.23. The molecule has 4 aromatic carbocycles. The van der Waals surface area contributed by atoms with Gasteiger partial charge in [-0.3, -0.25) is 0 Å². The molecular formula is C26H21BrN2O4S. The Balaban J connectivity index is 1.37. The number of fused-ring (bicyclic) bond motifs is 2. The van der Waals surface area contributed by atoms with E-state index in [4.69, 9.17) is 9.88 Å². The lowest BCUT2D eigenvalue weighted by molar-refractivity contribution is 0.289. The fourth-order valence-electron chi connectivity index (χ4n) is 4.09. The van der Waals surface area contributed by atoms with Crippen molar-refractivity contribution in [2.45, 2.75) is 11.4 Å². The minimum absolute atomic E-state index is 0.0640. The molecule has 0 unspecified atom stereocenters. The van der Waals surface area contributed by atoms with Gasteiger partial charge in [0.1, 0.15) is 12.4 Å². The molecule has 0 spiro atoms. The zero-order valence-corrected chi connectivity index (χ0v) is 20.4. The first-order valence-electron chi connectivity index (χ1n) is 10.6. The summed E-state index contributed by atoms with van der Waals surface area (Å²) in [5, 5.41) is 19.7. The van der Waals surface area contributed by atoms with E-state index in [0.717, 1.165) is 26.4 Å². The molecule has 1 aromatic heterocycles. The van der Waals surface area contributed by atoms with Crippen LogP contribution in [0.25, 0.3) is 32.7 Å². The van der Waals surface area contributed by atoms with Crippen LogP contribution in [0.5, 0.6) is 11.6 Å². The maximum absolute atomic E-state index is 12.0. The molecule has 34 heavy (non-hydrogen) atoms. The Morgan fingerprint density at radius 2 is 1.68 bits per heavy atom. The summed E-state index contributed by atoms with van der Waals surface area (Å²) in [7, 11) is -3.87. The quantitative estimate of drug-likeness (QED) is 0.293. The third kappa shape index (κ3) is 4.40. The van der Waals surface area contributed by atoms with Crippen molar-refractivity contribution in [3.8, 4) is 22.8 Å². The highest BCUT2D eigenvalue weighted by Crippen LogP contribution is 2.33. The molecule has 0 aliphatic rings. The van der Waals surface area contributed by atoms with Gasteiger partial charge in [-0.25, -0.2) is 13.6 Å². The Labute approximate surface area is 205 Å². The van der Waals surface area contributed by atoms with Gasteiger partial charge in [0.25, 0.3) is 0 Å². The molecule has 0 radical (unpaired) electrons. The Morgan fingerprint density at radius 3 is 2.50 bits per heavy atom. The molecule has 6 nitrogen and oxygen atoms in total. The third-order valence-corrected chi connectivity index (χ3v) is 7.20. The van der Waals surface area contributed by atoms with Crippen LogP contribution in [0.3, 0.4) is 0 Å². The number of nitrogens with zero attached hydrogens (tertiary/aromatic N) is 1. The van der Waals surface area contributed by atoms with E-state index < -0.39 is 10.0 Å². The van der Waals surface area contributed by atoms with Crippen molar-refractivity contribution in [3.63, 3.8) is 0 Å². The second-order valence-electron chi connectivity index (χ2n) is 7.99. The van der Waals surface area contributed by atoms with E-state index in [1.54, 1.807) is 34.9 Å². The predicted molar refractivity (Wildman–Crippen MR) is 138 cm³/mol. The van der Waals surface area contributed by atoms with Crippen LogP contribution in [0.1, 0.15) is 0 Å². The van der Waals surface area contributed by atoms with Gasteiger partial charge in [-0.1, -0.05) is 52.3 Å². The minimum Gasteiger partial charge on any atom is -0.494 e. The predicted octanol–water partition coefficient (Wildman–Crippen LogP) is 5.66. The molecule has 8 heteroatoms. The molecule has 3 N–H and O–H groups in total. The molecule has 1 heterocycles. The van der Waals surface area contributed by atoms with Crippen molar-refractivity contribution >= 4 is 47.5 Å². The molecule has 0 atom stereocenters. The van der Waals surface area contributed by atoms with E-state index in [-0.39, 0.29) is 10.8 Å². The molecule has 0 amide bonds. The summed E-state index contributed by atoms with van der Waals surface area (Å²) in [5.41, 5.74) is 1.22. The summed E-state index contributed by atoms with van der Waals surface area (Å²) >= 11 is 3.48. The lowest BCUT2D eigenvalue weighted by Crippen LogP contribution is -2.13. The highest BCUT2D eigenvalue weighted by molar-refractivity contribution is 9.10. The number of benzene rings is 4. The Bertz CT molecular complexity index is 1640. The lowest BCUT2D eigenvalue weighted by Gasteiger charge is -2.09. The fraction of sp³-hybridized carbons (Fsp3) is 0.0769. The van der Waals surface area contributed by atoms with Crippen molar-refractivity contribution in [2.75, 3.05) is 6.61 Å². The molecule has 0 fully saturated rings. The number of halogens is 1. The highest BCUT2D eigenvalue weighted by atomic mass is 79.9. The summed E-state index contributed by atoms with van der Waals surface area (Å²) < 4.78 is 32.6. The molecule has 5 aromatic rings. The average Bonchev–Trinajstić information content (AvgIpc) is 3.13. The maximum Gasteiger partial charge on any atom is 0.238 e. The minimum atomic E-state index is -3.87. The van der Waals surface area contributed by atoms with Crippen LogP contribution in [-0.2, 0) is 16.6 Å². The molecule has 5 rings (SSSR count). The van der Waals surface area contributed by atoms with Crippen molar-refractivity contribution in [3.05, 3.63) is 89.5 Å². The van der Waals surface area contributed by atoms with Crippen LogP contribution < -0.4 is 9.88 Å². The van der Waals surface area contributed by atoms with Gasteiger partial charge in [-0.15, -0.1) is 0 Å². The molecule has 0 saturated heterocycles. The Kier molecular flexibility index (Phi) is 5.81.